The molecular weight excluding hydrogens is 550 g/mol. The standard InChI is InChI=1S/C30H28ClN3O5S/c31-21-11-12-22-24(17-21)40-28(20-9-5-2-6-10-20)27(33-29(37)23-13-14-26(36)39-23)30(38)34(22)18-25(35)32-16-15-19-7-3-1-4-8-19/h1-12,17,23,27-28H,13-16,18H2,(H,32,35)(H,33,37)/t23-,27+,28+/m0/s1. The molecule has 2 N–H and O–H groups in total. The van der Waals surface area contributed by atoms with Crippen LogP contribution in [-0.2, 0) is 30.3 Å². The maximum Gasteiger partial charge on any atom is 0.306 e. The van der Waals surface area contributed by atoms with Gasteiger partial charge in [0.25, 0.3) is 11.8 Å². The minimum Gasteiger partial charge on any atom is -0.452 e. The van der Waals surface area contributed by atoms with E-state index in [0.29, 0.717) is 28.6 Å². The minimum absolute atomic E-state index is 0.146. The third-order valence-electron chi connectivity index (χ3n) is 6.78. The Morgan fingerprint density at radius 1 is 1.00 bits per heavy atom. The van der Waals surface area contributed by atoms with E-state index in [2.05, 4.69) is 10.6 Å². The van der Waals surface area contributed by atoms with Crippen molar-refractivity contribution < 1.29 is 23.9 Å². The Labute approximate surface area is 241 Å². The van der Waals surface area contributed by atoms with Gasteiger partial charge in [-0.3, -0.25) is 19.2 Å². The summed E-state index contributed by atoms with van der Waals surface area (Å²) in [6.45, 7) is 0.169. The maximum absolute atomic E-state index is 14.2. The number of thioether (sulfide) groups is 1. The van der Waals surface area contributed by atoms with Crippen molar-refractivity contribution in [1.82, 2.24) is 10.6 Å². The molecule has 0 saturated carbocycles. The second kappa shape index (κ2) is 12.6. The molecule has 3 aromatic carbocycles. The fourth-order valence-corrected chi connectivity index (χ4v) is 6.39. The summed E-state index contributed by atoms with van der Waals surface area (Å²) in [6, 6.07) is 23.3. The quantitative estimate of drug-likeness (QED) is 0.391. The monoisotopic (exact) mass is 577 g/mol. The van der Waals surface area contributed by atoms with E-state index < -0.39 is 35.2 Å². The molecule has 0 radical (unpaired) electrons. The lowest BCUT2D eigenvalue weighted by Gasteiger charge is -2.29. The van der Waals surface area contributed by atoms with Crippen LogP contribution >= 0.6 is 23.4 Å². The van der Waals surface area contributed by atoms with Gasteiger partial charge in [0.15, 0.2) is 6.10 Å². The summed E-state index contributed by atoms with van der Waals surface area (Å²) in [5.41, 5.74) is 2.43. The lowest BCUT2D eigenvalue weighted by atomic mass is 10.0. The Hall–Kier alpha value is -3.82. The van der Waals surface area contributed by atoms with E-state index in [-0.39, 0.29) is 25.3 Å². The van der Waals surface area contributed by atoms with Crippen LogP contribution in [0.15, 0.2) is 83.8 Å². The number of hydrogen-bond acceptors (Lipinski definition) is 6. The number of nitrogens with zero attached hydrogens (tertiary/aromatic N) is 1. The Morgan fingerprint density at radius 2 is 1.73 bits per heavy atom. The van der Waals surface area contributed by atoms with Crippen molar-refractivity contribution in [2.24, 2.45) is 0 Å². The molecule has 206 valence electrons. The molecule has 3 atom stereocenters. The number of halogens is 1. The molecule has 0 bridgehead atoms. The summed E-state index contributed by atoms with van der Waals surface area (Å²) in [5.74, 6) is -1.76. The predicted molar refractivity (Wildman–Crippen MR) is 153 cm³/mol. The van der Waals surface area contributed by atoms with E-state index >= 15 is 0 Å². The van der Waals surface area contributed by atoms with Crippen LogP contribution in [0.3, 0.4) is 0 Å². The number of rotatable bonds is 8. The summed E-state index contributed by atoms with van der Waals surface area (Å²) in [5, 5.41) is 5.70. The topological polar surface area (TPSA) is 105 Å². The van der Waals surface area contributed by atoms with Crippen molar-refractivity contribution in [2.45, 2.75) is 41.6 Å². The number of anilines is 1. The van der Waals surface area contributed by atoms with E-state index in [1.807, 2.05) is 60.7 Å². The van der Waals surface area contributed by atoms with Crippen LogP contribution in [0.5, 0.6) is 0 Å². The molecule has 2 heterocycles. The van der Waals surface area contributed by atoms with Gasteiger partial charge < -0.3 is 20.3 Å². The first-order valence-electron chi connectivity index (χ1n) is 13.0. The second-order valence-corrected chi connectivity index (χ2v) is 11.2. The zero-order chi connectivity index (χ0) is 28.1. The summed E-state index contributed by atoms with van der Waals surface area (Å²) >= 11 is 7.73. The highest BCUT2D eigenvalue weighted by molar-refractivity contribution is 7.99. The Balaban J connectivity index is 1.43. The molecule has 10 heteroatoms. The van der Waals surface area contributed by atoms with E-state index in [4.69, 9.17) is 16.3 Å². The largest absolute Gasteiger partial charge is 0.452 e. The van der Waals surface area contributed by atoms with E-state index in [1.165, 1.54) is 16.7 Å². The molecule has 0 unspecified atom stereocenters. The van der Waals surface area contributed by atoms with Crippen molar-refractivity contribution >= 4 is 52.7 Å². The van der Waals surface area contributed by atoms with Gasteiger partial charge in [-0.2, -0.15) is 0 Å². The number of esters is 1. The van der Waals surface area contributed by atoms with Crippen LogP contribution in [0.4, 0.5) is 5.69 Å². The number of hydrogen-bond donors (Lipinski definition) is 2. The molecular formula is C30H28ClN3O5S. The first-order chi connectivity index (χ1) is 19.4. The number of carbonyl (C=O) groups excluding carboxylic acids is 4. The summed E-state index contributed by atoms with van der Waals surface area (Å²) < 4.78 is 5.16. The van der Waals surface area contributed by atoms with E-state index in [0.717, 1.165) is 11.1 Å². The molecule has 1 saturated heterocycles. The number of cyclic esters (lactones) is 1. The summed E-state index contributed by atoms with van der Waals surface area (Å²) in [7, 11) is 0. The molecule has 3 aromatic rings. The van der Waals surface area contributed by atoms with Crippen LogP contribution in [0.25, 0.3) is 0 Å². The van der Waals surface area contributed by atoms with E-state index in [9.17, 15) is 19.2 Å². The zero-order valence-corrected chi connectivity index (χ0v) is 23.1. The van der Waals surface area contributed by atoms with Crippen molar-refractivity contribution in [1.29, 1.82) is 0 Å². The number of carbonyl (C=O) groups is 4. The van der Waals surface area contributed by atoms with Crippen LogP contribution in [0, 0.1) is 0 Å². The first-order valence-corrected chi connectivity index (χ1v) is 14.3. The molecule has 0 aromatic heterocycles. The number of ether oxygens (including phenoxy) is 1. The molecule has 3 amide bonds. The summed E-state index contributed by atoms with van der Waals surface area (Å²) in [6.07, 6.45) is 0.0824. The average molecular weight is 578 g/mol. The van der Waals surface area contributed by atoms with Crippen molar-refractivity contribution in [3.63, 3.8) is 0 Å². The fourth-order valence-electron chi connectivity index (χ4n) is 4.78. The predicted octanol–water partition coefficient (Wildman–Crippen LogP) is 4.07. The lowest BCUT2D eigenvalue weighted by molar-refractivity contribution is -0.148. The van der Waals surface area contributed by atoms with Crippen LogP contribution < -0.4 is 15.5 Å². The summed E-state index contributed by atoms with van der Waals surface area (Å²) in [4.78, 5) is 54.2. The smallest absolute Gasteiger partial charge is 0.306 e. The van der Waals surface area contributed by atoms with Gasteiger partial charge in [-0.15, -0.1) is 11.8 Å². The number of amides is 3. The number of nitrogens with one attached hydrogen (secondary N) is 2. The van der Waals surface area contributed by atoms with Gasteiger partial charge in [-0.05, 0) is 35.7 Å². The van der Waals surface area contributed by atoms with Crippen LogP contribution in [-0.4, -0.2) is 48.9 Å². The van der Waals surface area contributed by atoms with Crippen molar-refractivity contribution in [2.75, 3.05) is 18.0 Å². The fraction of sp³-hybridized carbons (Fsp3) is 0.267. The third-order valence-corrected chi connectivity index (χ3v) is 8.40. The van der Waals surface area contributed by atoms with Gasteiger partial charge in [0, 0.05) is 29.3 Å². The number of benzene rings is 3. The van der Waals surface area contributed by atoms with Crippen LogP contribution in [0.1, 0.15) is 29.2 Å². The van der Waals surface area contributed by atoms with Gasteiger partial charge in [-0.25, -0.2) is 0 Å². The average Bonchev–Trinajstić information content (AvgIpc) is 3.37. The molecule has 40 heavy (non-hydrogen) atoms. The van der Waals surface area contributed by atoms with Gasteiger partial charge in [0.1, 0.15) is 12.6 Å². The zero-order valence-electron chi connectivity index (χ0n) is 21.5. The first kappa shape index (κ1) is 27.7. The SMILES string of the molecule is O=C(CN1C(=O)[C@H](NC(=O)[C@@H]2CCC(=O)O2)[C@@H](c2ccccc2)Sc2cc(Cl)ccc21)NCCc1ccccc1. The van der Waals surface area contributed by atoms with E-state index in [1.54, 1.807) is 18.2 Å². The second-order valence-electron chi connectivity index (χ2n) is 9.57. The lowest BCUT2D eigenvalue weighted by Crippen LogP contribution is -2.54. The van der Waals surface area contributed by atoms with Gasteiger partial charge >= 0.3 is 5.97 Å². The van der Waals surface area contributed by atoms with Crippen molar-refractivity contribution in [3.05, 3.63) is 95.0 Å². The molecule has 1 fully saturated rings. The minimum atomic E-state index is -1.04. The Morgan fingerprint density at radius 3 is 2.42 bits per heavy atom. The van der Waals surface area contributed by atoms with Crippen LogP contribution in [0.2, 0.25) is 5.02 Å². The molecule has 0 spiro atoms. The molecule has 8 nitrogen and oxygen atoms in total. The third kappa shape index (κ3) is 6.48. The van der Waals surface area contributed by atoms with Crippen molar-refractivity contribution in [3.8, 4) is 0 Å². The van der Waals surface area contributed by atoms with Gasteiger partial charge in [0.05, 0.1) is 10.9 Å². The van der Waals surface area contributed by atoms with Gasteiger partial charge in [0.2, 0.25) is 5.91 Å². The highest BCUT2D eigenvalue weighted by atomic mass is 35.5. The number of fused-ring (bicyclic) bond motifs is 1. The molecule has 0 aliphatic carbocycles. The maximum atomic E-state index is 14.2. The Kier molecular flexibility index (Phi) is 8.72. The normalized spacial score (nSPS) is 20.3. The highest BCUT2D eigenvalue weighted by Crippen LogP contribution is 2.46. The Bertz CT molecular complexity index is 1400. The highest BCUT2D eigenvalue weighted by Gasteiger charge is 2.42. The molecule has 5 rings (SSSR count). The molecule has 2 aliphatic heterocycles. The van der Waals surface area contributed by atoms with Gasteiger partial charge in [-0.1, -0.05) is 72.3 Å². The molecule has 2 aliphatic rings.